The zero-order valence-electron chi connectivity index (χ0n) is 18.8. The molecule has 2 aromatic rings. The molecule has 1 saturated heterocycles. The molecular formula is C23H29ClN4O3S. The van der Waals surface area contributed by atoms with Gasteiger partial charge in [-0.3, -0.25) is 14.7 Å². The standard InChI is InChI=1S/C23H29ClN4O3S/c1-15(2)32(30,31)27-9-5-6-17(14-27)26-18-11-19(13-25-12-18)28-22(29)20-8-7-16(24)10-21(20)23(28,3)4/h7-8,10-13,15,17,26H,5-6,9,14H2,1-4H3/t17-/m0/s1. The predicted octanol–water partition coefficient (Wildman–Crippen LogP) is 4.25. The highest BCUT2D eigenvalue weighted by Crippen LogP contribution is 2.43. The molecule has 7 nitrogen and oxygen atoms in total. The van der Waals surface area contributed by atoms with Crippen molar-refractivity contribution in [1.29, 1.82) is 0 Å². The molecule has 0 spiro atoms. The molecule has 0 radical (unpaired) electrons. The Morgan fingerprint density at radius 2 is 1.97 bits per heavy atom. The maximum absolute atomic E-state index is 13.2. The maximum atomic E-state index is 13.2. The predicted molar refractivity (Wildman–Crippen MR) is 128 cm³/mol. The second-order valence-electron chi connectivity index (χ2n) is 9.26. The number of amides is 1. The van der Waals surface area contributed by atoms with Gasteiger partial charge in [-0.05, 0) is 70.4 Å². The summed E-state index contributed by atoms with van der Waals surface area (Å²) in [6, 6.07) is 7.22. The Hall–Kier alpha value is -2.16. The van der Waals surface area contributed by atoms with Crippen molar-refractivity contribution >= 4 is 38.9 Å². The lowest BCUT2D eigenvalue weighted by atomic mass is 9.93. The van der Waals surface area contributed by atoms with E-state index in [1.807, 2.05) is 26.0 Å². The Morgan fingerprint density at radius 1 is 1.22 bits per heavy atom. The maximum Gasteiger partial charge on any atom is 0.259 e. The topological polar surface area (TPSA) is 82.6 Å². The van der Waals surface area contributed by atoms with Crippen LogP contribution in [-0.4, -0.2) is 48.0 Å². The van der Waals surface area contributed by atoms with Gasteiger partial charge in [0.15, 0.2) is 0 Å². The molecular weight excluding hydrogens is 448 g/mol. The summed E-state index contributed by atoms with van der Waals surface area (Å²) in [7, 11) is -3.29. The first kappa shape index (κ1) is 23.0. The number of fused-ring (bicyclic) bond motifs is 1. The van der Waals surface area contributed by atoms with E-state index in [1.54, 1.807) is 47.6 Å². The third-order valence-electron chi connectivity index (χ3n) is 6.33. The lowest BCUT2D eigenvalue weighted by Crippen LogP contribution is -2.47. The van der Waals surface area contributed by atoms with Gasteiger partial charge in [0.05, 0.1) is 34.6 Å². The highest BCUT2D eigenvalue weighted by molar-refractivity contribution is 7.89. The molecule has 9 heteroatoms. The lowest BCUT2D eigenvalue weighted by Gasteiger charge is -2.34. The SMILES string of the molecule is CC(C)S(=O)(=O)N1CCC[C@H](Nc2cncc(N3C(=O)c4ccc(Cl)cc4C3(C)C)c2)C1. The zero-order chi connectivity index (χ0) is 23.3. The zero-order valence-corrected chi connectivity index (χ0v) is 20.4. The van der Waals surface area contributed by atoms with E-state index in [1.165, 1.54) is 0 Å². The Labute approximate surface area is 194 Å². The number of benzene rings is 1. The third-order valence-corrected chi connectivity index (χ3v) is 8.80. The second-order valence-corrected chi connectivity index (χ2v) is 12.2. The number of carbonyl (C=O) groups is 1. The van der Waals surface area contributed by atoms with Crippen LogP contribution < -0.4 is 10.2 Å². The normalized spacial score (nSPS) is 21.1. The number of nitrogens with zero attached hydrogens (tertiary/aromatic N) is 3. The quantitative estimate of drug-likeness (QED) is 0.697. The van der Waals surface area contributed by atoms with Crippen LogP contribution in [0.4, 0.5) is 11.4 Å². The van der Waals surface area contributed by atoms with Crippen LogP contribution >= 0.6 is 11.6 Å². The lowest BCUT2D eigenvalue weighted by molar-refractivity contribution is 0.0982. The second kappa shape index (κ2) is 8.32. The van der Waals surface area contributed by atoms with E-state index in [2.05, 4.69) is 10.3 Å². The monoisotopic (exact) mass is 476 g/mol. The molecule has 1 atom stereocenters. The largest absolute Gasteiger partial charge is 0.380 e. The number of anilines is 2. The Kier molecular flexibility index (Phi) is 5.98. The van der Waals surface area contributed by atoms with Crippen molar-refractivity contribution in [3.05, 3.63) is 52.8 Å². The molecule has 1 amide bonds. The van der Waals surface area contributed by atoms with E-state index in [9.17, 15) is 13.2 Å². The van der Waals surface area contributed by atoms with Crippen molar-refractivity contribution in [3.63, 3.8) is 0 Å². The number of halogens is 1. The summed E-state index contributed by atoms with van der Waals surface area (Å²) in [5, 5.41) is 3.59. The van der Waals surface area contributed by atoms with E-state index < -0.39 is 20.8 Å². The van der Waals surface area contributed by atoms with Crippen molar-refractivity contribution < 1.29 is 13.2 Å². The number of hydrogen-bond donors (Lipinski definition) is 1. The molecule has 172 valence electrons. The third kappa shape index (κ3) is 4.00. The van der Waals surface area contributed by atoms with Crippen molar-refractivity contribution in [2.24, 2.45) is 0 Å². The molecule has 4 rings (SSSR count). The number of sulfonamides is 1. The van der Waals surface area contributed by atoms with Gasteiger partial charge in [0, 0.05) is 29.7 Å². The number of aromatic nitrogens is 1. The fraction of sp³-hybridized carbons (Fsp3) is 0.478. The van der Waals surface area contributed by atoms with Gasteiger partial charge in [0.1, 0.15) is 0 Å². The fourth-order valence-electron chi connectivity index (χ4n) is 4.60. The summed E-state index contributed by atoms with van der Waals surface area (Å²) in [5.41, 5.74) is 2.38. The first-order chi connectivity index (χ1) is 15.0. The molecule has 0 aliphatic carbocycles. The molecule has 2 aliphatic heterocycles. The summed E-state index contributed by atoms with van der Waals surface area (Å²) >= 11 is 6.19. The van der Waals surface area contributed by atoms with Gasteiger partial charge in [-0.15, -0.1) is 0 Å². The fourth-order valence-corrected chi connectivity index (χ4v) is 6.14. The van der Waals surface area contributed by atoms with Crippen LogP contribution in [0.5, 0.6) is 0 Å². The summed E-state index contributed by atoms with van der Waals surface area (Å²) < 4.78 is 26.7. The number of nitrogens with one attached hydrogen (secondary N) is 1. The van der Waals surface area contributed by atoms with Gasteiger partial charge in [-0.25, -0.2) is 8.42 Å². The van der Waals surface area contributed by atoms with Gasteiger partial charge in [-0.1, -0.05) is 11.6 Å². The number of rotatable bonds is 5. The Morgan fingerprint density at radius 3 is 2.69 bits per heavy atom. The minimum Gasteiger partial charge on any atom is -0.380 e. The van der Waals surface area contributed by atoms with Crippen LogP contribution in [-0.2, 0) is 15.6 Å². The number of carbonyl (C=O) groups excluding carboxylic acids is 1. The molecule has 1 aromatic heterocycles. The van der Waals surface area contributed by atoms with Gasteiger partial charge in [0.25, 0.3) is 5.91 Å². The van der Waals surface area contributed by atoms with Gasteiger partial charge < -0.3 is 5.32 Å². The van der Waals surface area contributed by atoms with Crippen LogP contribution in [0.1, 0.15) is 56.5 Å². The summed E-state index contributed by atoms with van der Waals surface area (Å²) in [6.45, 7) is 8.36. The molecule has 0 saturated carbocycles. The Bertz CT molecular complexity index is 1150. The molecule has 1 N–H and O–H groups in total. The average Bonchev–Trinajstić information content (AvgIpc) is 2.93. The van der Waals surface area contributed by atoms with E-state index >= 15 is 0 Å². The molecule has 1 fully saturated rings. The number of hydrogen-bond acceptors (Lipinski definition) is 5. The molecule has 2 aliphatic rings. The van der Waals surface area contributed by atoms with Crippen LogP contribution in [0, 0.1) is 0 Å². The minimum atomic E-state index is -3.29. The van der Waals surface area contributed by atoms with Crippen molar-refractivity contribution in [3.8, 4) is 0 Å². The van der Waals surface area contributed by atoms with E-state index in [-0.39, 0.29) is 11.9 Å². The van der Waals surface area contributed by atoms with Gasteiger partial charge >= 0.3 is 0 Å². The van der Waals surface area contributed by atoms with Crippen LogP contribution in [0.2, 0.25) is 5.02 Å². The molecule has 32 heavy (non-hydrogen) atoms. The van der Waals surface area contributed by atoms with Crippen molar-refractivity contribution in [1.82, 2.24) is 9.29 Å². The van der Waals surface area contributed by atoms with Crippen LogP contribution in [0.25, 0.3) is 0 Å². The number of piperidine rings is 1. The first-order valence-corrected chi connectivity index (χ1v) is 12.7. The average molecular weight is 477 g/mol. The van der Waals surface area contributed by atoms with Gasteiger partial charge in [-0.2, -0.15) is 4.31 Å². The first-order valence-electron chi connectivity index (χ1n) is 10.9. The molecule has 3 heterocycles. The highest BCUT2D eigenvalue weighted by atomic mass is 35.5. The van der Waals surface area contributed by atoms with Crippen molar-refractivity contribution in [2.75, 3.05) is 23.3 Å². The minimum absolute atomic E-state index is 0.0207. The summed E-state index contributed by atoms with van der Waals surface area (Å²) in [5.74, 6) is -0.0903. The van der Waals surface area contributed by atoms with Crippen LogP contribution in [0.15, 0.2) is 36.7 Å². The molecule has 0 bridgehead atoms. The smallest absolute Gasteiger partial charge is 0.259 e. The summed E-state index contributed by atoms with van der Waals surface area (Å²) in [4.78, 5) is 19.3. The van der Waals surface area contributed by atoms with Crippen molar-refractivity contribution in [2.45, 2.75) is 57.4 Å². The van der Waals surface area contributed by atoms with Gasteiger partial charge in [0.2, 0.25) is 10.0 Å². The van der Waals surface area contributed by atoms with Crippen LogP contribution in [0.3, 0.4) is 0 Å². The van der Waals surface area contributed by atoms with E-state index in [0.29, 0.717) is 29.4 Å². The Balaban J connectivity index is 1.57. The van der Waals surface area contributed by atoms with E-state index in [4.69, 9.17) is 11.6 Å². The highest BCUT2D eigenvalue weighted by Gasteiger charge is 2.44. The summed E-state index contributed by atoms with van der Waals surface area (Å²) in [6.07, 6.45) is 5.04. The molecule has 1 aromatic carbocycles. The number of pyridine rings is 1. The molecule has 0 unspecified atom stereocenters. The van der Waals surface area contributed by atoms with E-state index in [0.717, 1.165) is 24.1 Å².